The molecule has 0 aliphatic carbocycles. The fourth-order valence-corrected chi connectivity index (χ4v) is 3.08. The van der Waals surface area contributed by atoms with Gasteiger partial charge in [0.2, 0.25) is 0 Å². The Morgan fingerprint density at radius 3 is 2.17 bits per heavy atom. The Bertz CT molecular complexity index is 222. The van der Waals surface area contributed by atoms with Gasteiger partial charge in [0, 0.05) is 6.04 Å². The molecule has 1 aliphatic heterocycles. The molecule has 0 bridgehead atoms. The lowest BCUT2D eigenvalue weighted by molar-refractivity contribution is 0.151. The van der Waals surface area contributed by atoms with E-state index in [4.69, 9.17) is 5.73 Å². The van der Waals surface area contributed by atoms with E-state index in [1.807, 2.05) is 0 Å². The highest BCUT2D eigenvalue weighted by Gasteiger charge is 2.22. The van der Waals surface area contributed by atoms with Crippen molar-refractivity contribution in [3.8, 4) is 0 Å². The zero-order valence-electron chi connectivity index (χ0n) is 13.2. The maximum Gasteiger partial charge on any atom is 0.00559 e. The van der Waals surface area contributed by atoms with Crippen LogP contribution in [0.15, 0.2) is 0 Å². The lowest BCUT2D eigenvalue weighted by Gasteiger charge is -2.34. The number of rotatable bonds is 5. The lowest BCUT2D eigenvalue weighted by atomic mass is 9.86. The molecule has 1 aliphatic rings. The Morgan fingerprint density at radius 2 is 1.72 bits per heavy atom. The van der Waals surface area contributed by atoms with E-state index in [-0.39, 0.29) is 0 Å². The minimum absolute atomic E-state index is 0.365. The highest BCUT2D eigenvalue weighted by molar-refractivity contribution is 4.77. The van der Waals surface area contributed by atoms with Gasteiger partial charge < -0.3 is 10.6 Å². The standard InChI is InChI=1S/C16H34N2/c1-13(2)14-6-9-18(10-7-14)11-8-15(17)12-16(3,4)5/h13-15H,6-12,17H2,1-5H3. The van der Waals surface area contributed by atoms with Crippen LogP contribution in [0, 0.1) is 17.3 Å². The van der Waals surface area contributed by atoms with Crippen LogP contribution in [-0.4, -0.2) is 30.6 Å². The fraction of sp³-hybridized carbons (Fsp3) is 1.00. The second kappa shape index (κ2) is 6.91. The molecule has 1 unspecified atom stereocenters. The lowest BCUT2D eigenvalue weighted by Crippen LogP contribution is -2.38. The van der Waals surface area contributed by atoms with Crippen molar-refractivity contribution < 1.29 is 0 Å². The third-order valence-electron chi connectivity index (χ3n) is 4.27. The molecule has 1 fully saturated rings. The van der Waals surface area contributed by atoms with Crippen LogP contribution >= 0.6 is 0 Å². The van der Waals surface area contributed by atoms with Gasteiger partial charge in [-0.1, -0.05) is 34.6 Å². The average molecular weight is 254 g/mol. The van der Waals surface area contributed by atoms with Crippen molar-refractivity contribution in [1.82, 2.24) is 4.90 Å². The first kappa shape index (κ1) is 16.0. The first-order valence-corrected chi connectivity index (χ1v) is 7.76. The predicted molar refractivity (Wildman–Crippen MR) is 80.7 cm³/mol. The van der Waals surface area contributed by atoms with Crippen LogP contribution in [0.4, 0.5) is 0 Å². The summed E-state index contributed by atoms with van der Waals surface area (Å²) in [5, 5.41) is 0. The Hall–Kier alpha value is -0.0800. The number of piperidine rings is 1. The average Bonchev–Trinajstić information content (AvgIpc) is 2.24. The number of nitrogens with two attached hydrogens (primary N) is 1. The topological polar surface area (TPSA) is 29.3 Å². The molecule has 108 valence electrons. The molecule has 0 aromatic heterocycles. The molecule has 2 N–H and O–H groups in total. The molecule has 0 radical (unpaired) electrons. The van der Waals surface area contributed by atoms with Crippen molar-refractivity contribution in [2.45, 2.75) is 66.3 Å². The van der Waals surface area contributed by atoms with Gasteiger partial charge in [0.15, 0.2) is 0 Å². The smallest absolute Gasteiger partial charge is 0.00559 e. The molecular weight excluding hydrogens is 220 g/mol. The van der Waals surface area contributed by atoms with Gasteiger partial charge in [-0.15, -0.1) is 0 Å². The summed E-state index contributed by atoms with van der Waals surface area (Å²) < 4.78 is 0. The molecule has 0 spiro atoms. The van der Waals surface area contributed by atoms with Gasteiger partial charge in [0.1, 0.15) is 0 Å². The van der Waals surface area contributed by atoms with Crippen molar-refractivity contribution in [3.05, 3.63) is 0 Å². The maximum absolute atomic E-state index is 6.23. The van der Waals surface area contributed by atoms with Crippen LogP contribution in [0.5, 0.6) is 0 Å². The van der Waals surface area contributed by atoms with E-state index >= 15 is 0 Å². The third kappa shape index (κ3) is 6.19. The number of nitrogens with zero attached hydrogens (tertiary/aromatic N) is 1. The summed E-state index contributed by atoms with van der Waals surface area (Å²) in [4.78, 5) is 2.61. The van der Waals surface area contributed by atoms with E-state index in [2.05, 4.69) is 39.5 Å². The molecule has 1 rings (SSSR count). The SMILES string of the molecule is CC(C)C1CCN(CCC(N)CC(C)(C)C)CC1. The minimum atomic E-state index is 0.365. The molecule has 0 aromatic carbocycles. The summed E-state index contributed by atoms with van der Waals surface area (Å²) in [5.74, 6) is 1.81. The van der Waals surface area contributed by atoms with Crippen LogP contribution in [0.25, 0.3) is 0 Å². The van der Waals surface area contributed by atoms with Crippen LogP contribution in [0.3, 0.4) is 0 Å². The molecular formula is C16H34N2. The Morgan fingerprint density at radius 1 is 1.17 bits per heavy atom. The van der Waals surface area contributed by atoms with Crippen molar-refractivity contribution >= 4 is 0 Å². The molecule has 1 saturated heterocycles. The molecule has 0 amide bonds. The number of hydrogen-bond donors (Lipinski definition) is 1. The van der Waals surface area contributed by atoms with Gasteiger partial charge >= 0.3 is 0 Å². The molecule has 1 heterocycles. The van der Waals surface area contributed by atoms with Gasteiger partial charge in [-0.3, -0.25) is 0 Å². The fourth-order valence-electron chi connectivity index (χ4n) is 3.08. The Balaban J connectivity index is 2.18. The normalized spacial score (nSPS) is 21.5. The second-order valence-electron chi connectivity index (χ2n) is 7.74. The van der Waals surface area contributed by atoms with E-state index in [1.165, 1.54) is 32.5 Å². The van der Waals surface area contributed by atoms with Gasteiger partial charge in [0.05, 0.1) is 0 Å². The van der Waals surface area contributed by atoms with E-state index < -0.39 is 0 Å². The van der Waals surface area contributed by atoms with Crippen LogP contribution in [0.2, 0.25) is 0 Å². The quantitative estimate of drug-likeness (QED) is 0.813. The molecule has 2 nitrogen and oxygen atoms in total. The molecule has 18 heavy (non-hydrogen) atoms. The zero-order chi connectivity index (χ0) is 13.8. The summed E-state index contributed by atoms with van der Waals surface area (Å²) in [6, 6.07) is 0.368. The number of hydrogen-bond acceptors (Lipinski definition) is 2. The summed E-state index contributed by atoms with van der Waals surface area (Å²) in [5.41, 5.74) is 6.59. The molecule has 1 atom stereocenters. The Kier molecular flexibility index (Phi) is 6.13. The van der Waals surface area contributed by atoms with Crippen molar-refractivity contribution in [1.29, 1.82) is 0 Å². The molecule has 0 saturated carbocycles. The minimum Gasteiger partial charge on any atom is -0.328 e. The Labute approximate surface area is 114 Å². The van der Waals surface area contributed by atoms with Crippen molar-refractivity contribution in [3.63, 3.8) is 0 Å². The first-order valence-electron chi connectivity index (χ1n) is 7.76. The van der Waals surface area contributed by atoms with E-state index in [9.17, 15) is 0 Å². The molecule has 0 aromatic rings. The van der Waals surface area contributed by atoms with Gasteiger partial charge in [-0.2, -0.15) is 0 Å². The van der Waals surface area contributed by atoms with Crippen molar-refractivity contribution in [2.24, 2.45) is 23.0 Å². The van der Waals surface area contributed by atoms with E-state index in [0.717, 1.165) is 24.7 Å². The monoisotopic (exact) mass is 254 g/mol. The largest absolute Gasteiger partial charge is 0.328 e. The second-order valence-corrected chi connectivity index (χ2v) is 7.74. The first-order chi connectivity index (χ1) is 8.28. The summed E-state index contributed by atoms with van der Waals surface area (Å²) in [6.45, 7) is 15.3. The van der Waals surface area contributed by atoms with Gasteiger partial charge in [-0.25, -0.2) is 0 Å². The summed E-state index contributed by atoms with van der Waals surface area (Å²) in [7, 11) is 0. The van der Waals surface area contributed by atoms with Gasteiger partial charge in [0.25, 0.3) is 0 Å². The van der Waals surface area contributed by atoms with Crippen LogP contribution in [0.1, 0.15) is 60.3 Å². The van der Waals surface area contributed by atoms with Crippen LogP contribution < -0.4 is 5.73 Å². The third-order valence-corrected chi connectivity index (χ3v) is 4.27. The van der Waals surface area contributed by atoms with Crippen molar-refractivity contribution in [2.75, 3.05) is 19.6 Å². The van der Waals surface area contributed by atoms with Gasteiger partial charge in [-0.05, 0) is 62.6 Å². The van der Waals surface area contributed by atoms with E-state index in [1.54, 1.807) is 0 Å². The highest BCUT2D eigenvalue weighted by atomic mass is 15.1. The summed E-state index contributed by atoms with van der Waals surface area (Å²) >= 11 is 0. The van der Waals surface area contributed by atoms with E-state index in [0.29, 0.717) is 11.5 Å². The summed E-state index contributed by atoms with van der Waals surface area (Å²) in [6.07, 6.45) is 5.05. The maximum atomic E-state index is 6.23. The zero-order valence-corrected chi connectivity index (χ0v) is 13.2. The number of likely N-dealkylation sites (tertiary alicyclic amines) is 1. The highest BCUT2D eigenvalue weighted by Crippen LogP contribution is 2.25. The predicted octanol–water partition coefficient (Wildman–Crippen LogP) is 3.51. The molecule has 2 heteroatoms. The van der Waals surface area contributed by atoms with Crippen LogP contribution in [-0.2, 0) is 0 Å².